The Labute approximate surface area is 115 Å². The predicted molar refractivity (Wildman–Crippen MR) is 81.9 cm³/mol. The summed E-state index contributed by atoms with van der Waals surface area (Å²) in [6, 6.07) is 10.3. The monoisotopic (exact) mass is 257 g/mol. The smallest absolute Gasteiger partial charge is 0.128 e. The second kappa shape index (κ2) is 6.02. The summed E-state index contributed by atoms with van der Waals surface area (Å²) in [5, 5.41) is 1.16. The van der Waals surface area contributed by atoms with Crippen molar-refractivity contribution < 1.29 is 0 Å². The highest BCUT2D eigenvalue weighted by molar-refractivity contribution is 5.81. The number of benzene rings is 1. The van der Waals surface area contributed by atoms with Crippen molar-refractivity contribution in [1.29, 1.82) is 0 Å². The minimum absolute atomic E-state index is 0.654. The Morgan fingerprint density at radius 2 is 2.00 bits per heavy atom. The molecule has 0 saturated carbocycles. The third kappa shape index (κ3) is 3.44. The molecule has 0 spiro atoms. The third-order valence-corrected chi connectivity index (χ3v) is 3.30. The van der Waals surface area contributed by atoms with Crippen LogP contribution in [0.1, 0.15) is 26.3 Å². The van der Waals surface area contributed by atoms with Crippen molar-refractivity contribution in [2.24, 2.45) is 5.92 Å². The normalized spacial score (nSPS) is 11.6. The van der Waals surface area contributed by atoms with Crippen molar-refractivity contribution in [2.45, 2.75) is 27.3 Å². The number of hydrogen-bond donors (Lipinski definition) is 1. The molecule has 2 N–H and O–H groups in total. The van der Waals surface area contributed by atoms with Crippen LogP contribution in [-0.2, 0) is 6.54 Å². The zero-order valence-corrected chi connectivity index (χ0v) is 12.1. The Bertz CT molecular complexity index is 549. The van der Waals surface area contributed by atoms with Gasteiger partial charge in [-0.15, -0.1) is 0 Å². The molecule has 19 heavy (non-hydrogen) atoms. The predicted octanol–water partition coefficient (Wildman–Crippen LogP) is 3.29. The molecule has 0 unspecified atom stereocenters. The van der Waals surface area contributed by atoms with Crippen LogP contribution >= 0.6 is 0 Å². The molecule has 0 aliphatic carbocycles. The van der Waals surface area contributed by atoms with Gasteiger partial charge in [-0.3, -0.25) is 4.90 Å². The Hall–Kier alpha value is -1.61. The molecule has 0 atom stereocenters. The molecule has 0 fully saturated rings. The number of aromatic nitrogens is 1. The number of rotatable bonds is 5. The van der Waals surface area contributed by atoms with Crippen LogP contribution in [0.15, 0.2) is 30.3 Å². The Balaban J connectivity index is 2.26. The highest BCUT2D eigenvalue weighted by Gasteiger charge is 2.10. The second-order valence-electron chi connectivity index (χ2n) is 5.45. The van der Waals surface area contributed by atoms with Crippen molar-refractivity contribution in [1.82, 2.24) is 9.88 Å². The number of nitrogen functional groups attached to an aromatic ring is 1. The Morgan fingerprint density at radius 1 is 1.26 bits per heavy atom. The maximum atomic E-state index is 6.08. The topological polar surface area (TPSA) is 42.2 Å². The molecule has 2 aromatic rings. The Morgan fingerprint density at radius 3 is 2.68 bits per heavy atom. The van der Waals surface area contributed by atoms with Gasteiger partial charge in [-0.1, -0.05) is 39.0 Å². The fourth-order valence-corrected chi connectivity index (χ4v) is 2.36. The number of fused-ring (bicyclic) bond motifs is 1. The summed E-state index contributed by atoms with van der Waals surface area (Å²) in [6.07, 6.45) is 0. The van der Waals surface area contributed by atoms with Gasteiger partial charge in [-0.25, -0.2) is 4.98 Å². The second-order valence-corrected chi connectivity index (χ2v) is 5.45. The minimum Gasteiger partial charge on any atom is -0.383 e. The number of anilines is 1. The van der Waals surface area contributed by atoms with Gasteiger partial charge in [0.1, 0.15) is 5.82 Å². The van der Waals surface area contributed by atoms with Crippen LogP contribution in [0.25, 0.3) is 10.9 Å². The van der Waals surface area contributed by atoms with Gasteiger partial charge in [0.2, 0.25) is 0 Å². The molecule has 0 saturated heterocycles. The largest absolute Gasteiger partial charge is 0.383 e. The van der Waals surface area contributed by atoms with E-state index in [9.17, 15) is 0 Å². The molecule has 2 rings (SSSR count). The first-order valence-electron chi connectivity index (χ1n) is 6.96. The van der Waals surface area contributed by atoms with Crippen LogP contribution < -0.4 is 5.73 Å². The summed E-state index contributed by atoms with van der Waals surface area (Å²) in [5.41, 5.74) is 8.18. The molecular weight excluding hydrogens is 234 g/mol. The van der Waals surface area contributed by atoms with Crippen LogP contribution in [0.4, 0.5) is 5.82 Å². The molecule has 1 aromatic heterocycles. The maximum Gasteiger partial charge on any atom is 0.128 e. The molecule has 0 bridgehead atoms. The average Bonchev–Trinajstić information content (AvgIpc) is 2.38. The van der Waals surface area contributed by atoms with Gasteiger partial charge in [-0.05, 0) is 24.6 Å². The zero-order valence-electron chi connectivity index (χ0n) is 12.1. The first-order valence-corrected chi connectivity index (χ1v) is 6.96. The van der Waals surface area contributed by atoms with Crippen LogP contribution in [0.2, 0.25) is 0 Å². The van der Waals surface area contributed by atoms with Crippen molar-refractivity contribution in [2.75, 3.05) is 18.8 Å². The molecule has 102 valence electrons. The number of nitrogens with two attached hydrogens (primary N) is 1. The minimum atomic E-state index is 0.654. The quantitative estimate of drug-likeness (QED) is 0.893. The van der Waals surface area contributed by atoms with Crippen molar-refractivity contribution >= 4 is 16.7 Å². The van der Waals surface area contributed by atoms with Gasteiger partial charge in [-0.2, -0.15) is 0 Å². The number of hydrogen-bond acceptors (Lipinski definition) is 3. The number of nitrogens with zero attached hydrogens (tertiary/aromatic N) is 2. The van der Waals surface area contributed by atoms with Crippen molar-refractivity contribution in [3.63, 3.8) is 0 Å². The van der Waals surface area contributed by atoms with E-state index < -0.39 is 0 Å². The highest BCUT2D eigenvalue weighted by Crippen LogP contribution is 2.20. The van der Waals surface area contributed by atoms with E-state index in [-0.39, 0.29) is 0 Å². The number of pyridine rings is 1. The van der Waals surface area contributed by atoms with Crippen molar-refractivity contribution in [3.05, 3.63) is 35.9 Å². The van der Waals surface area contributed by atoms with Crippen LogP contribution in [0.5, 0.6) is 0 Å². The Kier molecular flexibility index (Phi) is 4.38. The zero-order chi connectivity index (χ0) is 13.8. The number of para-hydroxylation sites is 1. The lowest BCUT2D eigenvalue weighted by Crippen LogP contribution is -2.27. The van der Waals surface area contributed by atoms with Gasteiger partial charge in [0.05, 0.1) is 5.52 Å². The van der Waals surface area contributed by atoms with Gasteiger partial charge < -0.3 is 5.73 Å². The van der Waals surface area contributed by atoms with E-state index in [0.717, 1.165) is 36.1 Å². The lowest BCUT2D eigenvalue weighted by Gasteiger charge is -2.23. The first-order chi connectivity index (χ1) is 9.10. The van der Waals surface area contributed by atoms with E-state index in [4.69, 9.17) is 5.73 Å². The summed E-state index contributed by atoms with van der Waals surface area (Å²) in [6.45, 7) is 9.66. The highest BCUT2D eigenvalue weighted by atomic mass is 15.1. The summed E-state index contributed by atoms with van der Waals surface area (Å²) in [5.74, 6) is 1.32. The molecule has 3 nitrogen and oxygen atoms in total. The fraction of sp³-hybridized carbons (Fsp3) is 0.438. The molecule has 0 amide bonds. The molecular formula is C16H23N3. The summed E-state index contributed by atoms with van der Waals surface area (Å²) in [7, 11) is 0. The third-order valence-electron chi connectivity index (χ3n) is 3.30. The lowest BCUT2D eigenvalue weighted by molar-refractivity contribution is 0.248. The van der Waals surface area contributed by atoms with Gasteiger partial charge in [0.25, 0.3) is 0 Å². The molecule has 0 aliphatic rings. The van der Waals surface area contributed by atoms with Gasteiger partial charge in [0.15, 0.2) is 0 Å². The first kappa shape index (κ1) is 13.8. The van der Waals surface area contributed by atoms with E-state index >= 15 is 0 Å². The molecule has 1 aromatic carbocycles. The van der Waals surface area contributed by atoms with Gasteiger partial charge >= 0.3 is 0 Å². The lowest BCUT2D eigenvalue weighted by atomic mass is 10.1. The molecule has 1 heterocycles. The van der Waals surface area contributed by atoms with Crippen molar-refractivity contribution in [3.8, 4) is 0 Å². The van der Waals surface area contributed by atoms with E-state index in [1.54, 1.807) is 0 Å². The SMILES string of the molecule is CCN(Cc1cc2ccccc2nc1N)CC(C)C. The summed E-state index contributed by atoms with van der Waals surface area (Å²) in [4.78, 5) is 6.90. The standard InChI is InChI=1S/C16H23N3/c1-4-19(10-12(2)3)11-14-9-13-7-5-6-8-15(13)18-16(14)17/h5-9,12H,4,10-11H2,1-3H3,(H2,17,18). The molecule has 0 radical (unpaired) electrons. The van der Waals surface area contributed by atoms with E-state index in [0.29, 0.717) is 11.7 Å². The molecule has 3 heteroatoms. The van der Waals surface area contributed by atoms with Crippen LogP contribution in [0.3, 0.4) is 0 Å². The van der Waals surface area contributed by atoms with E-state index in [2.05, 4.69) is 42.8 Å². The summed E-state index contributed by atoms with van der Waals surface area (Å²) < 4.78 is 0. The van der Waals surface area contributed by atoms with Crippen LogP contribution in [0, 0.1) is 5.92 Å². The fourth-order valence-electron chi connectivity index (χ4n) is 2.36. The molecule has 0 aliphatic heterocycles. The maximum absolute atomic E-state index is 6.08. The van der Waals surface area contributed by atoms with E-state index in [1.807, 2.05) is 18.2 Å². The summed E-state index contributed by atoms with van der Waals surface area (Å²) >= 11 is 0. The van der Waals surface area contributed by atoms with Crippen LogP contribution in [-0.4, -0.2) is 23.0 Å². The van der Waals surface area contributed by atoms with E-state index in [1.165, 1.54) is 0 Å². The van der Waals surface area contributed by atoms with Gasteiger partial charge in [0, 0.05) is 24.0 Å². The average molecular weight is 257 g/mol.